The van der Waals surface area contributed by atoms with E-state index < -0.39 is 5.60 Å². The van der Waals surface area contributed by atoms with Crippen molar-refractivity contribution in [2.75, 3.05) is 49.1 Å². The molecule has 8 heteroatoms. The van der Waals surface area contributed by atoms with Gasteiger partial charge in [-0.2, -0.15) is 0 Å². The van der Waals surface area contributed by atoms with Gasteiger partial charge in [0.05, 0.1) is 5.52 Å². The minimum atomic E-state index is -0.472. The zero-order valence-corrected chi connectivity index (χ0v) is 26.2. The van der Waals surface area contributed by atoms with Crippen molar-refractivity contribution in [2.45, 2.75) is 79.6 Å². The highest BCUT2D eigenvalue weighted by molar-refractivity contribution is 5.93. The van der Waals surface area contributed by atoms with Crippen LogP contribution in [0.15, 0.2) is 48.8 Å². The van der Waals surface area contributed by atoms with Crippen molar-refractivity contribution in [3.05, 3.63) is 59.9 Å². The fourth-order valence-electron chi connectivity index (χ4n) is 5.79. The van der Waals surface area contributed by atoms with Crippen molar-refractivity contribution >= 4 is 28.5 Å². The highest BCUT2D eigenvalue weighted by Gasteiger charge is 2.31. The van der Waals surface area contributed by atoms with Gasteiger partial charge in [0.25, 0.3) is 0 Å². The summed E-state index contributed by atoms with van der Waals surface area (Å²) in [6.45, 7) is 22.1. The number of aryl methyl sites for hydroxylation is 1. The molecule has 4 heterocycles. The van der Waals surface area contributed by atoms with Gasteiger partial charge in [0.1, 0.15) is 11.4 Å². The summed E-state index contributed by atoms with van der Waals surface area (Å²) < 4.78 is 5.52. The van der Waals surface area contributed by atoms with Crippen LogP contribution in [0.4, 0.5) is 16.3 Å². The molecule has 2 aliphatic heterocycles. The van der Waals surface area contributed by atoms with E-state index in [4.69, 9.17) is 9.72 Å². The van der Waals surface area contributed by atoms with Crippen LogP contribution in [0, 0.1) is 6.92 Å². The Morgan fingerprint density at radius 2 is 1.61 bits per heavy atom. The number of fused-ring (bicyclic) bond motifs is 1. The fourth-order valence-corrected chi connectivity index (χ4v) is 5.79. The van der Waals surface area contributed by atoms with Crippen LogP contribution >= 0.6 is 0 Å². The molecule has 2 aliphatic rings. The Balaban J connectivity index is 0.00000189. The number of carbonyl (C=O) groups is 1. The van der Waals surface area contributed by atoms with Crippen LogP contribution in [0.1, 0.15) is 59.6 Å². The van der Waals surface area contributed by atoms with Crippen molar-refractivity contribution in [1.82, 2.24) is 19.8 Å². The summed E-state index contributed by atoms with van der Waals surface area (Å²) in [5.74, 6) is 0.966. The SMILES string of the molecule is CC.Cc1ccc(N2CC(C)N(Cc3ccc(N4CCN(C(=O)OC(C)(C)C)CC4)nc3)C(C)C2)c2cccnc12. The lowest BCUT2D eigenvalue weighted by Crippen LogP contribution is -2.56. The standard InChI is InChI=1S/C31H42N6O2.C2H6/c1-22-9-11-27(26-8-7-13-32-29(22)26)36-19-23(2)37(24(3)20-36)21-25-10-12-28(33-18-25)34-14-16-35(17-15-34)30(38)39-31(4,5)6;1-2/h7-13,18,23-24H,14-17,19-21H2,1-6H3;1-2H3. The number of pyridine rings is 2. The van der Waals surface area contributed by atoms with Crippen molar-refractivity contribution in [3.8, 4) is 0 Å². The Kier molecular flexibility index (Phi) is 9.74. The van der Waals surface area contributed by atoms with Crippen LogP contribution in [0.3, 0.4) is 0 Å². The number of rotatable bonds is 4. The number of ether oxygens (including phenoxy) is 1. The normalized spacial score (nSPS) is 20.0. The molecule has 41 heavy (non-hydrogen) atoms. The first-order valence-electron chi connectivity index (χ1n) is 15.1. The number of aromatic nitrogens is 2. The Bertz CT molecular complexity index is 1290. The van der Waals surface area contributed by atoms with Gasteiger partial charge in [0, 0.05) is 81.4 Å². The molecule has 2 fully saturated rings. The quantitative estimate of drug-likeness (QED) is 0.381. The summed E-state index contributed by atoms with van der Waals surface area (Å²) in [5, 5.41) is 1.23. The van der Waals surface area contributed by atoms with E-state index >= 15 is 0 Å². The smallest absolute Gasteiger partial charge is 0.410 e. The molecule has 0 radical (unpaired) electrons. The molecule has 5 rings (SSSR count). The van der Waals surface area contributed by atoms with Gasteiger partial charge in [-0.15, -0.1) is 0 Å². The third-order valence-corrected chi connectivity index (χ3v) is 7.82. The Morgan fingerprint density at radius 3 is 2.22 bits per heavy atom. The van der Waals surface area contributed by atoms with Gasteiger partial charge >= 0.3 is 6.09 Å². The number of piperazine rings is 2. The predicted octanol–water partition coefficient (Wildman–Crippen LogP) is 6.12. The van der Waals surface area contributed by atoms with E-state index in [0.29, 0.717) is 25.2 Å². The van der Waals surface area contributed by atoms with Crippen molar-refractivity contribution in [1.29, 1.82) is 0 Å². The van der Waals surface area contributed by atoms with E-state index in [2.05, 4.69) is 70.8 Å². The third kappa shape index (κ3) is 7.28. The highest BCUT2D eigenvalue weighted by atomic mass is 16.6. The van der Waals surface area contributed by atoms with Crippen LogP contribution in [0.25, 0.3) is 10.9 Å². The maximum absolute atomic E-state index is 12.4. The monoisotopic (exact) mass is 560 g/mol. The van der Waals surface area contributed by atoms with Gasteiger partial charge in [-0.3, -0.25) is 9.88 Å². The molecule has 2 atom stereocenters. The molecule has 3 aromatic rings. The van der Waals surface area contributed by atoms with Gasteiger partial charge in [-0.05, 0) is 76.9 Å². The van der Waals surface area contributed by atoms with Gasteiger partial charge in [0.15, 0.2) is 0 Å². The molecular weight excluding hydrogens is 512 g/mol. The molecule has 0 saturated carbocycles. The first-order chi connectivity index (χ1) is 19.6. The molecule has 0 aliphatic carbocycles. The first-order valence-corrected chi connectivity index (χ1v) is 15.1. The summed E-state index contributed by atoms with van der Waals surface area (Å²) in [4.78, 5) is 31.0. The maximum Gasteiger partial charge on any atom is 0.410 e. The molecule has 8 nitrogen and oxygen atoms in total. The van der Waals surface area contributed by atoms with Gasteiger partial charge in [0.2, 0.25) is 0 Å². The fraction of sp³-hybridized carbons (Fsp3) is 0.545. The lowest BCUT2D eigenvalue weighted by molar-refractivity contribution is 0.0240. The molecule has 0 spiro atoms. The van der Waals surface area contributed by atoms with Crippen molar-refractivity contribution < 1.29 is 9.53 Å². The average Bonchev–Trinajstić information content (AvgIpc) is 2.96. The number of benzene rings is 1. The zero-order valence-electron chi connectivity index (χ0n) is 26.2. The second kappa shape index (κ2) is 13.1. The largest absolute Gasteiger partial charge is 0.444 e. The van der Waals surface area contributed by atoms with Crippen molar-refractivity contribution in [3.63, 3.8) is 0 Å². The van der Waals surface area contributed by atoms with E-state index in [1.165, 1.54) is 22.2 Å². The van der Waals surface area contributed by atoms with Crippen LogP contribution in [0.5, 0.6) is 0 Å². The number of hydrogen-bond acceptors (Lipinski definition) is 7. The molecular formula is C33H48N6O2. The summed E-state index contributed by atoms with van der Waals surface area (Å²) in [6, 6.07) is 13.8. The summed E-state index contributed by atoms with van der Waals surface area (Å²) in [5.41, 5.74) is 4.34. The number of hydrogen-bond donors (Lipinski definition) is 0. The van der Waals surface area contributed by atoms with E-state index in [9.17, 15) is 4.79 Å². The number of carbonyl (C=O) groups excluding carboxylic acids is 1. The molecule has 0 N–H and O–H groups in total. The topological polar surface area (TPSA) is 65.0 Å². The first kappa shape index (κ1) is 30.6. The van der Waals surface area contributed by atoms with Crippen LogP contribution < -0.4 is 9.80 Å². The highest BCUT2D eigenvalue weighted by Crippen LogP contribution is 2.31. The third-order valence-electron chi connectivity index (χ3n) is 7.82. The second-order valence-electron chi connectivity index (χ2n) is 12.1. The molecule has 0 bridgehead atoms. The number of anilines is 2. The van der Waals surface area contributed by atoms with E-state index in [1.54, 1.807) is 4.90 Å². The number of nitrogens with zero attached hydrogens (tertiary/aromatic N) is 6. The minimum Gasteiger partial charge on any atom is -0.444 e. The molecule has 2 aromatic heterocycles. The van der Waals surface area contributed by atoms with Crippen molar-refractivity contribution in [2.24, 2.45) is 0 Å². The Labute approximate surface area is 246 Å². The van der Waals surface area contributed by atoms with Crippen LogP contribution in [-0.4, -0.2) is 82.8 Å². The van der Waals surface area contributed by atoms with Crippen LogP contribution in [0.2, 0.25) is 0 Å². The van der Waals surface area contributed by atoms with Gasteiger partial charge < -0.3 is 19.4 Å². The van der Waals surface area contributed by atoms with E-state index in [-0.39, 0.29) is 6.09 Å². The van der Waals surface area contributed by atoms with E-state index in [0.717, 1.165) is 44.1 Å². The summed E-state index contributed by atoms with van der Waals surface area (Å²) in [6.07, 6.45) is 3.66. The average molecular weight is 561 g/mol. The molecule has 222 valence electrons. The zero-order chi connectivity index (χ0) is 29.7. The number of amides is 1. The Morgan fingerprint density at radius 1 is 0.927 bits per heavy atom. The molecule has 1 aromatic carbocycles. The molecule has 1 amide bonds. The summed E-state index contributed by atoms with van der Waals surface area (Å²) >= 11 is 0. The second-order valence-corrected chi connectivity index (χ2v) is 12.1. The summed E-state index contributed by atoms with van der Waals surface area (Å²) in [7, 11) is 0. The van der Waals surface area contributed by atoms with Crippen LogP contribution in [-0.2, 0) is 11.3 Å². The minimum absolute atomic E-state index is 0.235. The Hall–Kier alpha value is -3.39. The van der Waals surface area contributed by atoms with E-state index in [1.807, 2.05) is 53.1 Å². The maximum atomic E-state index is 12.4. The van der Waals surface area contributed by atoms with Gasteiger partial charge in [-0.25, -0.2) is 9.78 Å². The molecule has 2 saturated heterocycles. The lowest BCUT2D eigenvalue weighted by atomic mass is 10.0. The molecule has 2 unspecified atom stereocenters. The lowest BCUT2D eigenvalue weighted by Gasteiger charge is -2.45. The van der Waals surface area contributed by atoms with Gasteiger partial charge in [-0.1, -0.05) is 26.0 Å². The predicted molar refractivity (Wildman–Crippen MR) is 169 cm³/mol.